The summed E-state index contributed by atoms with van der Waals surface area (Å²) in [4.78, 5) is 19.2. The number of carbonyl (C=O) groups excluding carboxylic acids is 1. The molecular weight excluding hydrogens is 352 g/mol. The van der Waals surface area contributed by atoms with E-state index in [1.165, 1.54) is 11.1 Å². The minimum Gasteiger partial charge on any atom is -0.467 e. The first-order valence-electron chi connectivity index (χ1n) is 9.91. The van der Waals surface area contributed by atoms with Gasteiger partial charge in [0.05, 0.1) is 30.1 Å². The summed E-state index contributed by atoms with van der Waals surface area (Å²) >= 11 is 0. The third-order valence-corrected chi connectivity index (χ3v) is 6.02. The summed E-state index contributed by atoms with van der Waals surface area (Å²) in [7, 11) is 0. The summed E-state index contributed by atoms with van der Waals surface area (Å²) in [5.41, 5.74) is 3.62. The zero-order valence-electron chi connectivity index (χ0n) is 16.0. The van der Waals surface area contributed by atoms with Crippen molar-refractivity contribution in [3.63, 3.8) is 0 Å². The van der Waals surface area contributed by atoms with Crippen LogP contribution in [0.2, 0.25) is 0 Å². The van der Waals surface area contributed by atoms with E-state index in [4.69, 9.17) is 4.42 Å². The number of hydrogen-bond acceptors (Lipinski definition) is 3. The Hall–Kier alpha value is -3.02. The van der Waals surface area contributed by atoms with Crippen molar-refractivity contribution in [1.29, 1.82) is 0 Å². The van der Waals surface area contributed by atoms with Crippen LogP contribution in [0.3, 0.4) is 0 Å². The van der Waals surface area contributed by atoms with E-state index in [0.717, 1.165) is 36.2 Å². The molecule has 0 unspecified atom stereocenters. The molecule has 1 aliphatic heterocycles. The van der Waals surface area contributed by atoms with Crippen LogP contribution in [0.15, 0.2) is 47.3 Å². The number of hydrogen-bond donors (Lipinski definition) is 1. The van der Waals surface area contributed by atoms with Crippen molar-refractivity contribution in [2.24, 2.45) is 5.92 Å². The molecule has 0 saturated carbocycles. The Kier molecular flexibility index (Phi) is 4.19. The smallest absolute Gasteiger partial charge is 0.317 e. The van der Waals surface area contributed by atoms with Crippen LogP contribution in [0.5, 0.6) is 0 Å². The van der Waals surface area contributed by atoms with Gasteiger partial charge in [-0.05, 0) is 30.5 Å². The number of nitrogens with one attached hydrogen (secondary N) is 1. The van der Waals surface area contributed by atoms with Gasteiger partial charge in [-0.25, -0.2) is 4.79 Å². The molecular formula is C22H24N4O2. The van der Waals surface area contributed by atoms with E-state index < -0.39 is 0 Å². The Balaban J connectivity index is 1.39. The molecule has 5 rings (SSSR count). The van der Waals surface area contributed by atoms with Gasteiger partial charge in [0.25, 0.3) is 0 Å². The first-order chi connectivity index (χ1) is 13.7. The molecule has 6 heteroatoms. The lowest BCUT2D eigenvalue weighted by molar-refractivity contribution is 0.141. The standard InChI is InChI=1S/C22H24N4O2/c1-15-7-9-25(22(27)24-13-17-4-3-11-28-17)14-20(15)26-10-8-16-12-23-19-6-2-5-18(19)21(16)26/h2-5,8,10-12,15,20H,6-7,9,13-14H2,1H3,(H,24,27)/t15-,20+/m1/s1. The first-order valence-corrected chi connectivity index (χ1v) is 9.91. The van der Waals surface area contributed by atoms with Crippen molar-refractivity contribution in [3.8, 4) is 0 Å². The van der Waals surface area contributed by atoms with Crippen molar-refractivity contribution >= 4 is 23.0 Å². The lowest BCUT2D eigenvalue weighted by Crippen LogP contribution is -2.47. The number of fused-ring (bicyclic) bond motifs is 3. The van der Waals surface area contributed by atoms with Crippen molar-refractivity contribution in [1.82, 2.24) is 19.8 Å². The highest BCUT2D eigenvalue weighted by Gasteiger charge is 2.31. The average molecular weight is 376 g/mol. The summed E-state index contributed by atoms with van der Waals surface area (Å²) in [5.74, 6) is 1.26. The highest BCUT2D eigenvalue weighted by Crippen LogP contribution is 2.34. The zero-order valence-corrected chi connectivity index (χ0v) is 16.0. The maximum absolute atomic E-state index is 12.7. The Morgan fingerprint density at radius 1 is 1.39 bits per heavy atom. The number of carbonyl (C=O) groups is 1. The molecule has 1 fully saturated rings. The Morgan fingerprint density at radius 3 is 3.18 bits per heavy atom. The molecule has 6 nitrogen and oxygen atoms in total. The molecule has 144 valence electrons. The number of piperidine rings is 1. The highest BCUT2D eigenvalue weighted by atomic mass is 16.3. The number of urea groups is 1. The second kappa shape index (κ2) is 6.86. The third kappa shape index (κ3) is 2.89. The number of nitrogens with zero attached hydrogens (tertiary/aromatic N) is 3. The summed E-state index contributed by atoms with van der Waals surface area (Å²) in [6.07, 6.45) is 12.0. The molecule has 28 heavy (non-hydrogen) atoms. The van der Waals surface area contributed by atoms with Gasteiger partial charge in [-0.2, -0.15) is 0 Å². The van der Waals surface area contributed by atoms with Crippen LogP contribution in [-0.4, -0.2) is 33.6 Å². The van der Waals surface area contributed by atoms with E-state index in [1.54, 1.807) is 6.26 Å². The summed E-state index contributed by atoms with van der Waals surface area (Å²) in [6.45, 7) is 4.18. The number of rotatable bonds is 3. The van der Waals surface area contributed by atoms with Gasteiger partial charge in [-0.15, -0.1) is 0 Å². The molecule has 0 bridgehead atoms. The molecule has 3 aromatic rings. The van der Waals surface area contributed by atoms with Gasteiger partial charge >= 0.3 is 6.03 Å². The number of allylic oxidation sites excluding steroid dienone is 1. The van der Waals surface area contributed by atoms with E-state index in [9.17, 15) is 4.79 Å². The molecule has 2 aliphatic rings. The van der Waals surface area contributed by atoms with E-state index >= 15 is 0 Å². The number of likely N-dealkylation sites (tertiary alicyclic amines) is 1. The molecule has 1 N–H and O–H groups in total. The fourth-order valence-corrected chi connectivity index (χ4v) is 4.40. The molecule has 1 aliphatic carbocycles. The summed E-state index contributed by atoms with van der Waals surface area (Å²) < 4.78 is 7.67. The van der Waals surface area contributed by atoms with E-state index in [1.807, 2.05) is 23.2 Å². The second-order valence-electron chi connectivity index (χ2n) is 7.77. The quantitative estimate of drug-likeness (QED) is 0.752. The maximum Gasteiger partial charge on any atom is 0.317 e. The predicted octanol–water partition coefficient (Wildman–Crippen LogP) is 3.99. The monoisotopic (exact) mass is 376 g/mol. The summed E-state index contributed by atoms with van der Waals surface area (Å²) in [5, 5.41) is 4.14. The lowest BCUT2D eigenvalue weighted by Gasteiger charge is -2.38. The molecule has 0 aromatic carbocycles. The van der Waals surface area contributed by atoms with Gasteiger partial charge < -0.3 is 19.2 Å². The van der Waals surface area contributed by atoms with Crippen LogP contribution in [0, 0.1) is 5.92 Å². The van der Waals surface area contributed by atoms with Crippen LogP contribution >= 0.6 is 0 Å². The van der Waals surface area contributed by atoms with E-state index in [2.05, 4.69) is 46.2 Å². The van der Waals surface area contributed by atoms with Crippen LogP contribution in [0.1, 0.15) is 36.4 Å². The molecule has 1 saturated heterocycles. The number of furan rings is 1. The molecule has 2 atom stereocenters. The molecule has 0 spiro atoms. The van der Waals surface area contributed by atoms with Crippen LogP contribution < -0.4 is 5.32 Å². The molecule has 2 amide bonds. The van der Waals surface area contributed by atoms with Crippen molar-refractivity contribution in [2.45, 2.75) is 32.4 Å². The first kappa shape index (κ1) is 17.1. The van der Waals surface area contributed by atoms with Gasteiger partial charge in [0.1, 0.15) is 5.76 Å². The van der Waals surface area contributed by atoms with E-state index in [0.29, 0.717) is 19.0 Å². The zero-order chi connectivity index (χ0) is 19.1. The van der Waals surface area contributed by atoms with Gasteiger partial charge in [0, 0.05) is 42.9 Å². The lowest BCUT2D eigenvalue weighted by atomic mass is 9.93. The van der Waals surface area contributed by atoms with Crippen LogP contribution in [0.4, 0.5) is 4.79 Å². The number of aromatic nitrogens is 2. The summed E-state index contributed by atoms with van der Waals surface area (Å²) in [6, 6.07) is 6.06. The highest BCUT2D eigenvalue weighted by molar-refractivity contribution is 5.90. The van der Waals surface area contributed by atoms with Gasteiger partial charge in [0.2, 0.25) is 0 Å². The minimum atomic E-state index is -0.0310. The number of pyridine rings is 1. The van der Waals surface area contributed by atoms with Crippen molar-refractivity contribution in [2.75, 3.05) is 13.1 Å². The number of amides is 2. The Morgan fingerprint density at radius 2 is 2.32 bits per heavy atom. The topological polar surface area (TPSA) is 63.3 Å². The van der Waals surface area contributed by atoms with Gasteiger partial charge in [-0.3, -0.25) is 4.98 Å². The largest absolute Gasteiger partial charge is 0.467 e. The average Bonchev–Trinajstić information content (AvgIpc) is 3.45. The SMILES string of the molecule is C[C@@H]1CCN(C(=O)NCc2ccco2)C[C@@H]1n1ccc2cnc3c(c21)C=CC3. The van der Waals surface area contributed by atoms with Crippen molar-refractivity contribution in [3.05, 3.63) is 59.9 Å². The van der Waals surface area contributed by atoms with Crippen molar-refractivity contribution < 1.29 is 9.21 Å². The third-order valence-electron chi connectivity index (χ3n) is 6.02. The Labute approximate surface area is 163 Å². The Bertz CT molecular complexity index is 1030. The fraction of sp³-hybridized carbons (Fsp3) is 0.364. The van der Waals surface area contributed by atoms with Crippen LogP contribution in [-0.2, 0) is 13.0 Å². The van der Waals surface area contributed by atoms with Gasteiger partial charge in [-0.1, -0.05) is 19.1 Å². The normalized spacial score (nSPS) is 21.2. The molecule has 4 heterocycles. The molecule has 0 radical (unpaired) electrons. The minimum absolute atomic E-state index is 0.0310. The van der Waals surface area contributed by atoms with Gasteiger partial charge in [0.15, 0.2) is 0 Å². The maximum atomic E-state index is 12.7. The molecule has 3 aromatic heterocycles. The van der Waals surface area contributed by atoms with E-state index in [-0.39, 0.29) is 12.1 Å². The van der Waals surface area contributed by atoms with Crippen LogP contribution in [0.25, 0.3) is 17.0 Å². The fourth-order valence-electron chi connectivity index (χ4n) is 4.40. The predicted molar refractivity (Wildman–Crippen MR) is 108 cm³/mol. The second-order valence-corrected chi connectivity index (χ2v) is 7.77.